The highest BCUT2D eigenvalue weighted by Crippen LogP contribution is 2.24. The average molecular weight is 418 g/mol. The molecule has 1 unspecified atom stereocenters. The molecule has 0 fully saturated rings. The van der Waals surface area contributed by atoms with Gasteiger partial charge in [-0.05, 0) is 42.3 Å². The molecule has 0 aliphatic carbocycles. The van der Waals surface area contributed by atoms with E-state index in [2.05, 4.69) is 10.1 Å². The zero-order valence-electron chi connectivity index (χ0n) is 14.6. The summed E-state index contributed by atoms with van der Waals surface area (Å²) in [5.41, 5.74) is 1.49. The lowest BCUT2D eigenvalue weighted by Gasteiger charge is -2.12. The molecule has 2 aromatic carbocycles. The molecule has 0 aliphatic heterocycles. The third kappa shape index (κ3) is 8.24. The zero-order valence-corrected chi connectivity index (χ0v) is 16.1. The van der Waals surface area contributed by atoms with Gasteiger partial charge in [-0.1, -0.05) is 35.9 Å². The summed E-state index contributed by atoms with van der Waals surface area (Å²) < 4.78 is 40.8. The molecule has 1 N–H and O–H groups in total. The number of nitrogens with one attached hydrogen (secondary N) is 1. The van der Waals surface area contributed by atoms with E-state index < -0.39 is 12.8 Å². The van der Waals surface area contributed by atoms with Crippen LogP contribution in [0.2, 0.25) is 5.02 Å². The smallest absolute Gasteiger partial charge is 0.367 e. The van der Waals surface area contributed by atoms with Crippen molar-refractivity contribution in [1.82, 2.24) is 5.32 Å². The van der Waals surface area contributed by atoms with Crippen molar-refractivity contribution in [2.24, 2.45) is 0 Å². The molecule has 1 atom stereocenters. The number of alkyl halides is 3. The molecule has 0 saturated carbocycles. The largest absolute Gasteiger partial charge is 0.411 e. The number of thioether (sulfide) groups is 1. The fourth-order valence-electron chi connectivity index (χ4n) is 2.14. The number of hydrogen-bond donors (Lipinski definition) is 1. The van der Waals surface area contributed by atoms with E-state index in [9.17, 15) is 18.0 Å². The SMILES string of the molecule is CC(Sc1ccc(Cl)cc1)C(=O)NCc1ccc(COCC(F)(F)F)cc1. The van der Waals surface area contributed by atoms with Gasteiger partial charge in [0.1, 0.15) is 6.61 Å². The molecule has 8 heteroatoms. The van der Waals surface area contributed by atoms with E-state index >= 15 is 0 Å². The van der Waals surface area contributed by atoms with Crippen molar-refractivity contribution in [1.29, 1.82) is 0 Å². The zero-order chi connectivity index (χ0) is 19.9. The lowest BCUT2D eigenvalue weighted by molar-refractivity contribution is -0.176. The van der Waals surface area contributed by atoms with Crippen LogP contribution in [-0.4, -0.2) is 23.9 Å². The molecule has 0 radical (unpaired) electrons. The van der Waals surface area contributed by atoms with Crippen molar-refractivity contribution in [3.63, 3.8) is 0 Å². The van der Waals surface area contributed by atoms with Crippen molar-refractivity contribution in [2.45, 2.75) is 36.4 Å². The molecule has 0 spiro atoms. The molecule has 2 rings (SSSR count). The minimum atomic E-state index is -4.33. The van der Waals surface area contributed by atoms with E-state index in [1.165, 1.54) is 11.8 Å². The summed E-state index contributed by atoms with van der Waals surface area (Å²) in [6.07, 6.45) is -4.33. The van der Waals surface area contributed by atoms with Crippen LogP contribution in [0.25, 0.3) is 0 Å². The number of rotatable bonds is 8. The summed E-state index contributed by atoms with van der Waals surface area (Å²) in [5.74, 6) is -0.104. The first kappa shape index (κ1) is 21.6. The summed E-state index contributed by atoms with van der Waals surface area (Å²) in [7, 11) is 0. The number of amides is 1. The number of carbonyl (C=O) groups is 1. The first-order chi connectivity index (χ1) is 12.7. The molecule has 0 bridgehead atoms. The lowest BCUT2D eigenvalue weighted by Crippen LogP contribution is -2.30. The second-order valence-electron chi connectivity index (χ2n) is 5.86. The second-order valence-corrected chi connectivity index (χ2v) is 7.71. The molecule has 27 heavy (non-hydrogen) atoms. The van der Waals surface area contributed by atoms with Gasteiger partial charge in [-0.15, -0.1) is 11.8 Å². The Hall–Kier alpha value is -1.70. The molecule has 0 aliphatic rings. The minimum Gasteiger partial charge on any atom is -0.367 e. The maximum Gasteiger partial charge on any atom is 0.411 e. The maximum absolute atomic E-state index is 12.2. The molecule has 146 valence electrons. The molecular formula is C19H19ClF3NO2S. The van der Waals surface area contributed by atoms with Crippen LogP contribution in [0.1, 0.15) is 18.1 Å². The number of ether oxygens (including phenoxy) is 1. The van der Waals surface area contributed by atoms with Crippen molar-refractivity contribution < 1.29 is 22.7 Å². The van der Waals surface area contributed by atoms with Gasteiger partial charge in [-0.25, -0.2) is 0 Å². The van der Waals surface area contributed by atoms with Crippen LogP contribution in [0, 0.1) is 0 Å². The molecule has 0 saturated heterocycles. The number of hydrogen-bond acceptors (Lipinski definition) is 3. The normalized spacial score (nSPS) is 12.6. The Morgan fingerprint density at radius 3 is 2.30 bits per heavy atom. The third-order valence-corrected chi connectivity index (χ3v) is 4.88. The van der Waals surface area contributed by atoms with E-state index in [1.54, 1.807) is 36.4 Å². The average Bonchev–Trinajstić information content (AvgIpc) is 2.61. The highest BCUT2D eigenvalue weighted by Gasteiger charge is 2.27. The summed E-state index contributed by atoms with van der Waals surface area (Å²) in [5, 5.41) is 3.21. The molecule has 2 aromatic rings. The van der Waals surface area contributed by atoms with Gasteiger partial charge < -0.3 is 10.1 Å². The monoisotopic (exact) mass is 417 g/mol. The number of halogens is 4. The fourth-order valence-corrected chi connectivity index (χ4v) is 3.16. The van der Waals surface area contributed by atoms with Gasteiger partial charge in [0.25, 0.3) is 0 Å². The Bertz CT molecular complexity index is 736. The molecule has 1 amide bonds. The summed E-state index contributed by atoms with van der Waals surface area (Å²) in [6.45, 7) is 0.776. The van der Waals surface area contributed by atoms with Crippen LogP contribution in [0.15, 0.2) is 53.4 Å². The van der Waals surface area contributed by atoms with E-state index in [0.717, 1.165) is 10.5 Å². The van der Waals surface area contributed by atoms with Crippen LogP contribution in [0.5, 0.6) is 0 Å². The first-order valence-corrected chi connectivity index (χ1v) is 9.41. The van der Waals surface area contributed by atoms with Crippen molar-refractivity contribution in [3.8, 4) is 0 Å². The standard InChI is InChI=1S/C19H19ClF3NO2S/c1-13(27-17-8-6-16(20)7-9-17)18(25)24-10-14-2-4-15(5-3-14)11-26-12-19(21,22)23/h2-9,13H,10-12H2,1H3,(H,24,25). The van der Waals surface area contributed by atoms with E-state index in [4.69, 9.17) is 11.6 Å². The van der Waals surface area contributed by atoms with Gasteiger partial charge in [0.15, 0.2) is 0 Å². The molecule has 0 heterocycles. The van der Waals surface area contributed by atoms with Crippen LogP contribution in [-0.2, 0) is 22.7 Å². The van der Waals surface area contributed by atoms with Crippen LogP contribution >= 0.6 is 23.4 Å². The molecule has 0 aromatic heterocycles. The first-order valence-electron chi connectivity index (χ1n) is 8.15. The quantitative estimate of drug-likeness (QED) is 0.599. The Morgan fingerprint density at radius 1 is 1.11 bits per heavy atom. The van der Waals surface area contributed by atoms with Gasteiger partial charge >= 0.3 is 6.18 Å². The van der Waals surface area contributed by atoms with E-state index in [0.29, 0.717) is 17.1 Å². The predicted molar refractivity (Wildman–Crippen MR) is 101 cm³/mol. The van der Waals surface area contributed by atoms with Crippen LogP contribution < -0.4 is 5.32 Å². The van der Waals surface area contributed by atoms with Crippen LogP contribution in [0.3, 0.4) is 0 Å². The molecule has 3 nitrogen and oxygen atoms in total. The Balaban J connectivity index is 1.76. The summed E-state index contributed by atoms with van der Waals surface area (Å²) in [6, 6.07) is 14.1. The summed E-state index contributed by atoms with van der Waals surface area (Å²) >= 11 is 7.27. The highest BCUT2D eigenvalue weighted by atomic mass is 35.5. The Morgan fingerprint density at radius 2 is 1.70 bits per heavy atom. The van der Waals surface area contributed by atoms with Crippen LogP contribution in [0.4, 0.5) is 13.2 Å². The maximum atomic E-state index is 12.2. The second kappa shape index (κ2) is 10.0. The predicted octanol–water partition coefficient (Wildman–Crippen LogP) is 5.22. The van der Waals surface area contributed by atoms with Gasteiger partial charge in [-0.2, -0.15) is 13.2 Å². The van der Waals surface area contributed by atoms with Gasteiger partial charge in [0, 0.05) is 16.5 Å². The van der Waals surface area contributed by atoms with Crippen molar-refractivity contribution in [2.75, 3.05) is 6.61 Å². The highest BCUT2D eigenvalue weighted by molar-refractivity contribution is 8.00. The van der Waals surface area contributed by atoms with Gasteiger partial charge in [0.05, 0.1) is 11.9 Å². The third-order valence-electron chi connectivity index (χ3n) is 3.52. The lowest BCUT2D eigenvalue weighted by atomic mass is 10.1. The van der Waals surface area contributed by atoms with E-state index in [1.807, 2.05) is 19.1 Å². The molecular weight excluding hydrogens is 399 g/mol. The van der Waals surface area contributed by atoms with Gasteiger partial charge in [-0.3, -0.25) is 4.79 Å². The van der Waals surface area contributed by atoms with Crippen molar-refractivity contribution in [3.05, 3.63) is 64.7 Å². The number of benzene rings is 2. The number of carbonyl (C=O) groups excluding carboxylic acids is 1. The van der Waals surface area contributed by atoms with Gasteiger partial charge in [0.2, 0.25) is 5.91 Å². The van der Waals surface area contributed by atoms with E-state index in [-0.39, 0.29) is 17.8 Å². The Labute approximate surface area is 165 Å². The topological polar surface area (TPSA) is 38.3 Å². The van der Waals surface area contributed by atoms with Crippen molar-refractivity contribution >= 4 is 29.3 Å². The minimum absolute atomic E-state index is 0.104. The summed E-state index contributed by atoms with van der Waals surface area (Å²) in [4.78, 5) is 13.2. The fraction of sp³-hybridized carbons (Fsp3) is 0.316. The Kier molecular flexibility index (Phi) is 8.01.